The number of aryl methyl sites for hydroxylation is 1. The van der Waals surface area contributed by atoms with Gasteiger partial charge in [0, 0.05) is 17.3 Å². The number of pyridine rings is 1. The van der Waals surface area contributed by atoms with Crippen molar-refractivity contribution in [2.45, 2.75) is 58.9 Å². The summed E-state index contributed by atoms with van der Waals surface area (Å²) in [6.07, 6.45) is 10.4. The molecule has 0 radical (unpaired) electrons. The first-order valence-corrected chi connectivity index (χ1v) is 8.79. The van der Waals surface area contributed by atoms with E-state index in [1.54, 1.807) is 12.5 Å². The lowest BCUT2D eigenvalue weighted by Gasteiger charge is -2.27. The summed E-state index contributed by atoms with van der Waals surface area (Å²) >= 11 is 0. The van der Waals surface area contributed by atoms with Crippen LogP contribution in [0.25, 0.3) is 16.9 Å². The second-order valence-electron chi connectivity index (χ2n) is 7.22. The predicted molar refractivity (Wildman–Crippen MR) is 99.5 cm³/mol. The first-order valence-electron chi connectivity index (χ1n) is 8.79. The average molecular weight is 325 g/mol. The van der Waals surface area contributed by atoms with Crippen molar-refractivity contribution in [3.8, 4) is 11.3 Å². The molecule has 3 aromatic heterocycles. The highest BCUT2D eigenvalue weighted by atomic mass is 16.3. The van der Waals surface area contributed by atoms with Crippen LogP contribution in [0.3, 0.4) is 0 Å². The van der Waals surface area contributed by atoms with Gasteiger partial charge in [-0.25, -0.2) is 4.98 Å². The first-order chi connectivity index (χ1) is 11.5. The summed E-state index contributed by atoms with van der Waals surface area (Å²) in [5.74, 6) is 1.04. The van der Waals surface area contributed by atoms with Gasteiger partial charge >= 0.3 is 0 Å². The third-order valence-corrected chi connectivity index (χ3v) is 4.44. The molecule has 0 aliphatic rings. The molecule has 0 aliphatic heterocycles. The largest absolute Gasteiger partial charge is 0.472 e. The van der Waals surface area contributed by atoms with Crippen molar-refractivity contribution < 1.29 is 4.42 Å². The zero-order chi connectivity index (χ0) is 17.2. The number of nitrogens with one attached hydrogen (secondary N) is 1. The molecular formula is C20H27N3O. The minimum absolute atomic E-state index is 0.00844. The fraction of sp³-hybridized carbons (Fsp3) is 0.450. The van der Waals surface area contributed by atoms with Gasteiger partial charge in [-0.1, -0.05) is 26.2 Å². The van der Waals surface area contributed by atoms with Gasteiger partial charge in [0.2, 0.25) is 0 Å². The van der Waals surface area contributed by atoms with Crippen LogP contribution >= 0.6 is 0 Å². The molecule has 0 amide bonds. The lowest BCUT2D eigenvalue weighted by Crippen LogP contribution is -2.31. The zero-order valence-electron chi connectivity index (χ0n) is 15.1. The maximum absolute atomic E-state index is 5.28. The molecule has 4 nitrogen and oxygen atoms in total. The van der Waals surface area contributed by atoms with E-state index in [0.29, 0.717) is 0 Å². The summed E-state index contributed by atoms with van der Waals surface area (Å²) in [5, 5.41) is 3.74. The Balaban J connectivity index is 2.00. The van der Waals surface area contributed by atoms with E-state index in [1.807, 2.05) is 6.07 Å². The minimum atomic E-state index is 0.00844. The second kappa shape index (κ2) is 6.71. The molecule has 0 saturated carbocycles. The third-order valence-electron chi connectivity index (χ3n) is 4.44. The van der Waals surface area contributed by atoms with E-state index in [-0.39, 0.29) is 5.54 Å². The Morgan fingerprint density at radius 1 is 1.25 bits per heavy atom. The van der Waals surface area contributed by atoms with E-state index >= 15 is 0 Å². The highest BCUT2D eigenvalue weighted by Gasteiger charge is 2.23. The second-order valence-corrected chi connectivity index (χ2v) is 7.22. The van der Waals surface area contributed by atoms with E-state index in [4.69, 9.17) is 9.40 Å². The maximum atomic E-state index is 5.28. The number of fused-ring (bicyclic) bond motifs is 1. The Hall–Kier alpha value is -2.23. The Morgan fingerprint density at radius 2 is 2.08 bits per heavy atom. The molecule has 0 aromatic carbocycles. The summed E-state index contributed by atoms with van der Waals surface area (Å²) in [6, 6.07) is 6.19. The molecule has 0 bridgehead atoms. The Labute approximate surface area is 143 Å². The van der Waals surface area contributed by atoms with Crippen molar-refractivity contribution in [3.05, 3.63) is 42.5 Å². The lowest BCUT2D eigenvalue weighted by atomic mass is 9.96. The third kappa shape index (κ3) is 3.48. The summed E-state index contributed by atoms with van der Waals surface area (Å²) in [4.78, 5) is 4.84. The van der Waals surface area contributed by atoms with Crippen LogP contribution in [0, 0.1) is 6.92 Å². The van der Waals surface area contributed by atoms with Crippen LogP contribution in [0.5, 0.6) is 0 Å². The van der Waals surface area contributed by atoms with Crippen molar-refractivity contribution in [1.82, 2.24) is 9.38 Å². The first kappa shape index (κ1) is 16.6. The number of unbranched alkanes of at least 4 members (excludes halogenated alkanes) is 2. The molecule has 0 aliphatic carbocycles. The quantitative estimate of drug-likeness (QED) is 0.569. The molecule has 3 aromatic rings. The standard InChI is InChI=1S/C20H27N3O/c1-5-6-7-10-20(3,4)22-19-18(16-9-12-24-14-16)21-17-13-15(2)8-11-23(17)19/h8-9,11-14,22H,5-7,10H2,1-4H3. The number of rotatable bonds is 7. The molecule has 24 heavy (non-hydrogen) atoms. The van der Waals surface area contributed by atoms with Crippen molar-refractivity contribution in [1.29, 1.82) is 0 Å². The number of nitrogens with zero attached hydrogens (tertiary/aromatic N) is 2. The molecule has 3 rings (SSSR count). The van der Waals surface area contributed by atoms with Crippen molar-refractivity contribution in [3.63, 3.8) is 0 Å². The van der Waals surface area contributed by atoms with Gasteiger partial charge in [0.1, 0.15) is 17.2 Å². The van der Waals surface area contributed by atoms with Gasteiger partial charge < -0.3 is 9.73 Å². The maximum Gasteiger partial charge on any atom is 0.139 e. The van der Waals surface area contributed by atoms with Gasteiger partial charge in [-0.05, 0) is 51.0 Å². The number of aromatic nitrogens is 2. The number of imidazole rings is 1. The summed E-state index contributed by atoms with van der Waals surface area (Å²) < 4.78 is 7.41. The SMILES string of the molecule is CCCCCC(C)(C)Nc1c(-c2ccoc2)nc2cc(C)ccn12. The van der Waals surface area contributed by atoms with Crippen LogP contribution < -0.4 is 5.32 Å². The average Bonchev–Trinajstić information content (AvgIpc) is 3.15. The topological polar surface area (TPSA) is 42.5 Å². The molecule has 0 fully saturated rings. The van der Waals surface area contributed by atoms with Crippen LogP contribution in [-0.2, 0) is 0 Å². The molecule has 0 spiro atoms. The van der Waals surface area contributed by atoms with Crippen LogP contribution in [0.4, 0.5) is 5.82 Å². The monoisotopic (exact) mass is 325 g/mol. The summed E-state index contributed by atoms with van der Waals surface area (Å²) in [7, 11) is 0. The minimum Gasteiger partial charge on any atom is -0.472 e. The molecule has 3 heterocycles. The Kier molecular flexibility index (Phi) is 4.65. The highest BCUT2D eigenvalue weighted by molar-refractivity contribution is 5.76. The normalized spacial score (nSPS) is 12.0. The van der Waals surface area contributed by atoms with E-state index in [2.05, 4.69) is 55.7 Å². The molecule has 0 saturated heterocycles. The zero-order valence-corrected chi connectivity index (χ0v) is 15.1. The van der Waals surface area contributed by atoms with E-state index in [0.717, 1.165) is 29.1 Å². The van der Waals surface area contributed by atoms with Gasteiger partial charge in [0.25, 0.3) is 0 Å². The van der Waals surface area contributed by atoms with Crippen LogP contribution in [0.2, 0.25) is 0 Å². The summed E-state index contributed by atoms with van der Waals surface area (Å²) in [6.45, 7) is 8.85. The highest BCUT2D eigenvalue weighted by Crippen LogP contribution is 2.32. The lowest BCUT2D eigenvalue weighted by molar-refractivity contribution is 0.482. The van der Waals surface area contributed by atoms with Crippen molar-refractivity contribution in [2.75, 3.05) is 5.32 Å². The fourth-order valence-electron chi connectivity index (χ4n) is 3.07. The van der Waals surface area contributed by atoms with Crippen molar-refractivity contribution >= 4 is 11.5 Å². The Bertz CT molecular complexity index is 800. The number of anilines is 1. The smallest absolute Gasteiger partial charge is 0.139 e. The van der Waals surface area contributed by atoms with Crippen LogP contribution in [0.15, 0.2) is 41.3 Å². The molecule has 4 heteroatoms. The molecule has 1 N–H and O–H groups in total. The van der Waals surface area contributed by atoms with Gasteiger partial charge in [-0.3, -0.25) is 4.40 Å². The fourth-order valence-corrected chi connectivity index (χ4v) is 3.07. The van der Waals surface area contributed by atoms with Gasteiger partial charge in [-0.15, -0.1) is 0 Å². The number of hydrogen-bond acceptors (Lipinski definition) is 3. The Morgan fingerprint density at radius 3 is 2.79 bits per heavy atom. The van der Waals surface area contributed by atoms with E-state index < -0.39 is 0 Å². The number of hydrogen-bond donors (Lipinski definition) is 1. The van der Waals surface area contributed by atoms with Crippen molar-refractivity contribution in [2.24, 2.45) is 0 Å². The molecule has 0 atom stereocenters. The van der Waals surface area contributed by atoms with E-state index in [1.165, 1.54) is 24.8 Å². The van der Waals surface area contributed by atoms with Gasteiger partial charge in [0.05, 0.1) is 12.5 Å². The summed E-state index contributed by atoms with van der Waals surface area (Å²) in [5.41, 5.74) is 4.12. The predicted octanol–water partition coefficient (Wildman–Crippen LogP) is 5.67. The molecule has 128 valence electrons. The number of furan rings is 1. The van der Waals surface area contributed by atoms with Crippen LogP contribution in [0.1, 0.15) is 52.0 Å². The van der Waals surface area contributed by atoms with Gasteiger partial charge in [0.15, 0.2) is 0 Å². The van der Waals surface area contributed by atoms with Crippen LogP contribution in [-0.4, -0.2) is 14.9 Å². The van der Waals surface area contributed by atoms with Gasteiger partial charge in [-0.2, -0.15) is 0 Å². The molecule has 0 unspecified atom stereocenters. The molecular weight excluding hydrogens is 298 g/mol. The van der Waals surface area contributed by atoms with E-state index in [9.17, 15) is 0 Å².